The van der Waals surface area contributed by atoms with Gasteiger partial charge >= 0.3 is 0 Å². The zero-order valence-corrected chi connectivity index (χ0v) is 38.4. The molecule has 324 valence electrons. The van der Waals surface area contributed by atoms with E-state index in [4.69, 9.17) is 0 Å². The molecule has 0 aromatic heterocycles. The van der Waals surface area contributed by atoms with Crippen molar-refractivity contribution in [1.82, 2.24) is 0 Å². The van der Waals surface area contributed by atoms with Crippen LogP contribution in [0, 0.1) is 0 Å². The fraction of sp³-hybridized carbons (Fsp3) is 0.0294. The molecule has 0 bridgehead atoms. The predicted octanol–water partition coefficient (Wildman–Crippen LogP) is 18.6. The SMILES string of the molecule is CC1(c2ccccc2)c2ccccc2-c2cccc(N(c3ccc(-c4ccc(-c5ccc6ccccc6c5)cc4)cc3)c3ccc4c(c3)c(-c3ccccc3)c(-c3ccccc3)c3ccccc34)c21. The van der Waals surface area contributed by atoms with Crippen molar-refractivity contribution in [3.05, 3.63) is 284 Å². The fourth-order valence-corrected chi connectivity index (χ4v) is 11.4. The van der Waals surface area contributed by atoms with E-state index in [1.807, 2.05) is 0 Å². The van der Waals surface area contributed by atoms with Gasteiger partial charge in [-0.3, -0.25) is 0 Å². The smallest absolute Gasteiger partial charge is 0.0512 e. The average molecular weight is 878 g/mol. The lowest BCUT2D eigenvalue weighted by molar-refractivity contribution is 0.714. The van der Waals surface area contributed by atoms with Crippen LogP contribution in [0.5, 0.6) is 0 Å². The summed E-state index contributed by atoms with van der Waals surface area (Å²) in [5.74, 6) is 0. The Hall–Kier alpha value is -8.78. The largest absolute Gasteiger partial charge is 0.310 e. The number of nitrogens with zero attached hydrogens (tertiary/aromatic N) is 1. The lowest BCUT2D eigenvalue weighted by atomic mass is 9.73. The first-order chi connectivity index (χ1) is 34.1. The second-order valence-electron chi connectivity index (χ2n) is 18.5. The summed E-state index contributed by atoms with van der Waals surface area (Å²) < 4.78 is 0. The summed E-state index contributed by atoms with van der Waals surface area (Å²) >= 11 is 0. The van der Waals surface area contributed by atoms with E-state index in [1.165, 1.54) is 105 Å². The Morgan fingerprint density at radius 2 is 0.812 bits per heavy atom. The van der Waals surface area contributed by atoms with Gasteiger partial charge in [-0.05, 0) is 148 Å². The first-order valence-electron chi connectivity index (χ1n) is 24.0. The standard InChI is InChI=1S/C68H47N/c1-68(54-24-9-4-10-25-54)63-30-16-15-27-59(63)61-29-17-31-64(67(61)68)69(55-40-38-48(39-41-55)47-32-34-49(35-33-47)53-37-36-46-18-11-12-23-52(46)44-53)56-42-43-58-57-26-13-14-28-60(57)65(50-19-5-2-6-20-50)66(62(58)45-56)51-21-7-3-8-22-51/h2-45H,1H3. The van der Waals surface area contributed by atoms with Crippen LogP contribution < -0.4 is 4.90 Å². The molecule has 1 aliphatic carbocycles. The summed E-state index contributed by atoms with van der Waals surface area (Å²) in [6.45, 7) is 2.42. The van der Waals surface area contributed by atoms with Gasteiger partial charge in [-0.15, -0.1) is 0 Å². The Labute approximate surface area is 403 Å². The van der Waals surface area contributed by atoms with Crippen molar-refractivity contribution < 1.29 is 0 Å². The summed E-state index contributed by atoms with van der Waals surface area (Å²) in [6.07, 6.45) is 0. The van der Waals surface area contributed by atoms with Gasteiger partial charge < -0.3 is 4.90 Å². The van der Waals surface area contributed by atoms with E-state index in [9.17, 15) is 0 Å². The monoisotopic (exact) mass is 877 g/mol. The lowest BCUT2D eigenvalue weighted by Gasteiger charge is -2.35. The van der Waals surface area contributed by atoms with Gasteiger partial charge in [-0.2, -0.15) is 0 Å². The van der Waals surface area contributed by atoms with Crippen LogP contribution in [0.2, 0.25) is 0 Å². The van der Waals surface area contributed by atoms with Crippen molar-refractivity contribution in [3.63, 3.8) is 0 Å². The van der Waals surface area contributed by atoms with Crippen LogP contribution in [0.1, 0.15) is 23.6 Å². The molecule has 1 atom stereocenters. The number of hydrogen-bond donors (Lipinski definition) is 0. The van der Waals surface area contributed by atoms with Crippen molar-refractivity contribution in [3.8, 4) is 55.6 Å². The van der Waals surface area contributed by atoms with E-state index >= 15 is 0 Å². The van der Waals surface area contributed by atoms with Crippen LogP contribution in [0.25, 0.3) is 88.0 Å². The van der Waals surface area contributed by atoms with Crippen LogP contribution in [0.15, 0.2) is 267 Å². The Morgan fingerprint density at radius 1 is 0.304 bits per heavy atom. The first-order valence-corrected chi connectivity index (χ1v) is 24.0. The molecule has 1 nitrogen and oxygen atoms in total. The van der Waals surface area contributed by atoms with E-state index in [2.05, 4.69) is 279 Å². The van der Waals surface area contributed by atoms with Crippen molar-refractivity contribution >= 4 is 49.4 Å². The topological polar surface area (TPSA) is 3.24 Å². The molecule has 1 aliphatic rings. The van der Waals surface area contributed by atoms with E-state index in [-0.39, 0.29) is 0 Å². The molecule has 0 radical (unpaired) electrons. The van der Waals surface area contributed by atoms with Crippen LogP contribution in [0.4, 0.5) is 17.1 Å². The minimum Gasteiger partial charge on any atom is -0.310 e. The highest BCUT2D eigenvalue weighted by molar-refractivity contribution is 6.22. The first kappa shape index (κ1) is 40.5. The number of benzene rings is 12. The van der Waals surface area contributed by atoms with Gasteiger partial charge in [0.15, 0.2) is 0 Å². The molecular formula is C68H47N. The number of anilines is 3. The summed E-state index contributed by atoms with van der Waals surface area (Å²) in [5.41, 5.74) is 19.1. The Morgan fingerprint density at radius 3 is 1.52 bits per heavy atom. The molecule has 0 N–H and O–H groups in total. The molecule has 0 saturated heterocycles. The van der Waals surface area contributed by atoms with E-state index in [1.54, 1.807) is 0 Å². The highest BCUT2D eigenvalue weighted by atomic mass is 15.1. The third-order valence-corrected chi connectivity index (χ3v) is 14.7. The van der Waals surface area contributed by atoms with Crippen LogP contribution >= 0.6 is 0 Å². The van der Waals surface area contributed by atoms with Crippen LogP contribution in [-0.4, -0.2) is 0 Å². The zero-order chi connectivity index (χ0) is 45.9. The predicted molar refractivity (Wildman–Crippen MR) is 293 cm³/mol. The second-order valence-corrected chi connectivity index (χ2v) is 18.5. The molecule has 0 spiro atoms. The molecule has 69 heavy (non-hydrogen) atoms. The Bertz CT molecular complexity index is 3870. The molecule has 0 amide bonds. The number of hydrogen-bond acceptors (Lipinski definition) is 1. The van der Waals surface area contributed by atoms with E-state index in [0.29, 0.717) is 0 Å². The molecule has 1 unspecified atom stereocenters. The summed E-state index contributed by atoms with van der Waals surface area (Å²) in [5, 5.41) is 7.45. The molecule has 12 aromatic carbocycles. The van der Waals surface area contributed by atoms with Gasteiger partial charge in [0.1, 0.15) is 0 Å². The Kier molecular flexibility index (Phi) is 9.70. The minimum atomic E-state index is -0.419. The highest BCUT2D eigenvalue weighted by Crippen LogP contribution is 2.57. The Balaban J connectivity index is 1.03. The molecular weight excluding hydrogens is 831 g/mol. The molecule has 0 saturated carbocycles. The maximum absolute atomic E-state index is 2.52. The van der Waals surface area contributed by atoms with Gasteiger partial charge in [0.25, 0.3) is 0 Å². The van der Waals surface area contributed by atoms with Crippen molar-refractivity contribution in [2.24, 2.45) is 0 Å². The normalized spacial score (nSPS) is 13.9. The molecule has 12 aromatic rings. The maximum Gasteiger partial charge on any atom is 0.0512 e. The van der Waals surface area contributed by atoms with Crippen molar-refractivity contribution in [2.45, 2.75) is 12.3 Å². The minimum absolute atomic E-state index is 0.419. The highest BCUT2D eigenvalue weighted by Gasteiger charge is 2.43. The summed E-state index contributed by atoms with van der Waals surface area (Å²) in [7, 11) is 0. The third kappa shape index (κ3) is 6.69. The second kappa shape index (κ2) is 16.5. The summed E-state index contributed by atoms with van der Waals surface area (Å²) in [4.78, 5) is 2.52. The molecule has 0 fully saturated rings. The van der Waals surface area contributed by atoms with Gasteiger partial charge in [-0.1, -0.05) is 231 Å². The van der Waals surface area contributed by atoms with Crippen molar-refractivity contribution in [1.29, 1.82) is 0 Å². The van der Waals surface area contributed by atoms with Gasteiger partial charge in [0.05, 0.1) is 5.69 Å². The average Bonchev–Trinajstić information content (AvgIpc) is 3.70. The molecule has 0 aliphatic heterocycles. The van der Waals surface area contributed by atoms with Crippen LogP contribution in [-0.2, 0) is 5.41 Å². The third-order valence-electron chi connectivity index (χ3n) is 14.7. The number of rotatable bonds is 8. The molecule has 0 heterocycles. The fourth-order valence-electron chi connectivity index (χ4n) is 11.4. The van der Waals surface area contributed by atoms with Gasteiger partial charge in [0, 0.05) is 16.8 Å². The molecule has 1 heteroatoms. The van der Waals surface area contributed by atoms with Crippen LogP contribution in [0.3, 0.4) is 0 Å². The van der Waals surface area contributed by atoms with E-state index < -0.39 is 5.41 Å². The number of fused-ring (bicyclic) bond motifs is 7. The zero-order valence-electron chi connectivity index (χ0n) is 38.4. The van der Waals surface area contributed by atoms with Gasteiger partial charge in [-0.25, -0.2) is 0 Å². The van der Waals surface area contributed by atoms with Crippen molar-refractivity contribution in [2.75, 3.05) is 4.90 Å². The van der Waals surface area contributed by atoms with Gasteiger partial charge in [0.2, 0.25) is 0 Å². The molecule has 13 rings (SSSR count). The maximum atomic E-state index is 2.52. The quantitative estimate of drug-likeness (QED) is 0.138. The lowest BCUT2D eigenvalue weighted by Crippen LogP contribution is -2.25. The van der Waals surface area contributed by atoms with E-state index in [0.717, 1.165) is 17.1 Å². The summed E-state index contributed by atoms with van der Waals surface area (Å²) in [6, 6.07) is 98.5.